The van der Waals surface area contributed by atoms with Gasteiger partial charge in [-0.3, -0.25) is 4.79 Å². The van der Waals surface area contributed by atoms with Gasteiger partial charge in [0.25, 0.3) is 5.91 Å². The molecule has 142 valence electrons. The number of methoxy groups -OCH3 is 1. The molecule has 2 aromatic heterocycles. The first-order valence-electron chi connectivity index (χ1n) is 9.25. The second-order valence-electron chi connectivity index (χ2n) is 6.29. The molecular formula is C21H25N3O2S. The number of nitrogens with zero attached hydrogens (tertiary/aromatic N) is 3. The summed E-state index contributed by atoms with van der Waals surface area (Å²) in [6.07, 6.45) is 1.86. The number of ether oxygens (including phenoxy) is 1. The lowest BCUT2D eigenvalue weighted by atomic mass is 10.2. The second kappa shape index (κ2) is 8.86. The maximum absolute atomic E-state index is 13.3. The minimum absolute atomic E-state index is 0.0184. The SMILES string of the molecule is CCCN(CCC)C(=O)c1cc(-c2cccs2)nn1-c1ccc(OC)cc1. The topological polar surface area (TPSA) is 47.4 Å². The van der Waals surface area contributed by atoms with Crippen LogP contribution in [0, 0.1) is 0 Å². The molecule has 0 saturated heterocycles. The zero-order valence-corrected chi connectivity index (χ0v) is 16.8. The third kappa shape index (κ3) is 4.22. The largest absolute Gasteiger partial charge is 0.497 e. The summed E-state index contributed by atoms with van der Waals surface area (Å²) in [7, 11) is 1.64. The molecule has 27 heavy (non-hydrogen) atoms. The molecule has 0 bridgehead atoms. The van der Waals surface area contributed by atoms with Crippen LogP contribution >= 0.6 is 11.3 Å². The number of rotatable bonds is 8. The van der Waals surface area contributed by atoms with Crippen molar-refractivity contribution in [3.63, 3.8) is 0 Å². The summed E-state index contributed by atoms with van der Waals surface area (Å²) in [6, 6.07) is 13.5. The van der Waals surface area contributed by atoms with Gasteiger partial charge >= 0.3 is 0 Å². The van der Waals surface area contributed by atoms with E-state index in [0.29, 0.717) is 5.69 Å². The van der Waals surface area contributed by atoms with E-state index < -0.39 is 0 Å². The lowest BCUT2D eigenvalue weighted by molar-refractivity contribution is 0.0746. The van der Waals surface area contributed by atoms with Crippen LogP contribution in [0.25, 0.3) is 16.3 Å². The predicted molar refractivity (Wildman–Crippen MR) is 110 cm³/mol. The van der Waals surface area contributed by atoms with Gasteiger partial charge in [0.05, 0.1) is 17.7 Å². The molecule has 5 nitrogen and oxygen atoms in total. The van der Waals surface area contributed by atoms with Crippen LogP contribution in [-0.2, 0) is 0 Å². The summed E-state index contributed by atoms with van der Waals surface area (Å²) < 4.78 is 6.99. The van der Waals surface area contributed by atoms with E-state index in [1.165, 1.54) is 0 Å². The van der Waals surface area contributed by atoms with Crippen molar-refractivity contribution < 1.29 is 9.53 Å². The summed E-state index contributed by atoms with van der Waals surface area (Å²) in [5.74, 6) is 0.792. The Balaban J connectivity index is 2.05. The van der Waals surface area contributed by atoms with Gasteiger partial charge in [-0.05, 0) is 54.6 Å². The Morgan fingerprint density at radius 3 is 2.41 bits per heavy atom. The zero-order valence-electron chi connectivity index (χ0n) is 16.0. The van der Waals surface area contributed by atoms with Crippen LogP contribution in [0.4, 0.5) is 0 Å². The maximum atomic E-state index is 13.3. The number of hydrogen-bond acceptors (Lipinski definition) is 4. The Kier molecular flexibility index (Phi) is 6.29. The van der Waals surface area contributed by atoms with Gasteiger partial charge in [0, 0.05) is 13.1 Å². The third-order valence-electron chi connectivity index (χ3n) is 4.29. The summed E-state index contributed by atoms with van der Waals surface area (Å²) >= 11 is 1.62. The van der Waals surface area contributed by atoms with Crippen LogP contribution in [0.2, 0.25) is 0 Å². The Morgan fingerprint density at radius 2 is 1.85 bits per heavy atom. The fourth-order valence-corrected chi connectivity index (χ4v) is 3.70. The van der Waals surface area contributed by atoms with Crippen molar-refractivity contribution in [1.29, 1.82) is 0 Å². The van der Waals surface area contributed by atoms with Crippen molar-refractivity contribution >= 4 is 17.2 Å². The first-order chi connectivity index (χ1) is 13.2. The molecule has 6 heteroatoms. The number of thiophene rings is 1. The van der Waals surface area contributed by atoms with Crippen LogP contribution in [-0.4, -0.2) is 40.8 Å². The highest BCUT2D eigenvalue weighted by Crippen LogP contribution is 2.27. The van der Waals surface area contributed by atoms with Crippen LogP contribution in [0.5, 0.6) is 5.75 Å². The van der Waals surface area contributed by atoms with Crippen LogP contribution < -0.4 is 4.74 Å². The average Bonchev–Trinajstić information content (AvgIpc) is 3.37. The Morgan fingerprint density at radius 1 is 1.15 bits per heavy atom. The molecule has 1 aromatic carbocycles. The minimum Gasteiger partial charge on any atom is -0.497 e. The van der Waals surface area contributed by atoms with E-state index in [9.17, 15) is 4.79 Å². The molecule has 0 aliphatic rings. The number of carbonyl (C=O) groups is 1. The highest BCUT2D eigenvalue weighted by atomic mass is 32.1. The molecule has 2 heterocycles. The molecule has 0 radical (unpaired) electrons. The fourth-order valence-electron chi connectivity index (χ4n) is 3.02. The van der Waals surface area contributed by atoms with E-state index in [0.717, 1.165) is 47.9 Å². The highest BCUT2D eigenvalue weighted by Gasteiger charge is 2.22. The first kappa shape index (κ1) is 19.2. The van der Waals surface area contributed by atoms with E-state index in [1.54, 1.807) is 23.1 Å². The normalized spacial score (nSPS) is 10.8. The lowest BCUT2D eigenvalue weighted by Crippen LogP contribution is -2.33. The van der Waals surface area contributed by atoms with E-state index in [4.69, 9.17) is 9.84 Å². The van der Waals surface area contributed by atoms with Crippen molar-refractivity contribution in [3.05, 3.63) is 53.5 Å². The summed E-state index contributed by atoms with van der Waals surface area (Å²) in [5.41, 5.74) is 2.25. The Labute approximate surface area is 164 Å². The molecule has 0 spiro atoms. The van der Waals surface area contributed by atoms with E-state index in [1.807, 2.05) is 52.7 Å². The monoisotopic (exact) mass is 383 g/mol. The molecule has 0 aliphatic carbocycles. The average molecular weight is 384 g/mol. The van der Waals surface area contributed by atoms with Gasteiger partial charge in [-0.15, -0.1) is 11.3 Å². The predicted octanol–water partition coefficient (Wildman–Crippen LogP) is 4.87. The first-order valence-corrected chi connectivity index (χ1v) is 10.1. The van der Waals surface area contributed by atoms with Crippen LogP contribution in [0.15, 0.2) is 47.8 Å². The van der Waals surface area contributed by atoms with Crippen molar-refractivity contribution in [3.8, 4) is 22.0 Å². The standard InChI is InChI=1S/C21H25N3O2S/c1-4-12-23(13-5-2)21(25)19-15-18(20-7-6-14-27-20)22-24(19)16-8-10-17(26-3)11-9-16/h6-11,14-15H,4-5,12-13H2,1-3H3. The van der Waals surface area contributed by atoms with Crippen molar-refractivity contribution in [1.82, 2.24) is 14.7 Å². The highest BCUT2D eigenvalue weighted by molar-refractivity contribution is 7.13. The maximum Gasteiger partial charge on any atom is 0.272 e. The fraction of sp³-hybridized carbons (Fsp3) is 0.333. The number of aromatic nitrogens is 2. The van der Waals surface area contributed by atoms with Crippen molar-refractivity contribution in [2.45, 2.75) is 26.7 Å². The number of amides is 1. The van der Waals surface area contributed by atoms with Gasteiger partial charge in [-0.2, -0.15) is 5.10 Å². The van der Waals surface area contributed by atoms with Gasteiger partial charge in [0.2, 0.25) is 0 Å². The molecule has 0 fully saturated rings. The third-order valence-corrected chi connectivity index (χ3v) is 5.19. The number of hydrogen-bond donors (Lipinski definition) is 0. The van der Waals surface area contributed by atoms with Gasteiger partial charge in [-0.1, -0.05) is 19.9 Å². The smallest absolute Gasteiger partial charge is 0.272 e. The number of carbonyl (C=O) groups excluding carboxylic acids is 1. The number of benzene rings is 1. The van der Waals surface area contributed by atoms with Gasteiger partial charge in [-0.25, -0.2) is 4.68 Å². The van der Waals surface area contributed by atoms with Crippen molar-refractivity contribution in [2.75, 3.05) is 20.2 Å². The zero-order chi connectivity index (χ0) is 19.2. The van der Waals surface area contributed by atoms with E-state index in [-0.39, 0.29) is 5.91 Å². The summed E-state index contributed by atoms with van der Waals surface area (Å²) in [4.78, 5) is 16.2. The molecule has 3 rings (SSSR count). The van der Waals surface area contributed by atoms with Gasteiger partial charge in [0.1, 0.15) is 17.1 Å². The van der Waals surface area contributed by atoms with Gasteiger partial charge in [0.15, 0.2) is 0 Å². The van der Waals surface area contributed by atoms with Crippen molar-refractivity contribution in [2.24, 2.45) is 0 Å². The molecule has 0 unspecified atom stereocenters. The van der Waals surface area contributed by atoms with E-state index in [2.05, 4.69) is 13.8 Å². The Hall–Kier alpha value is -2.60. The van der Waals surface area contributed by atoms with Crippen LogP contribution in [0.3, 0.4) is 0 Å². The second-order valence-corrected chi connectivity index (χ2v) is 7.24. The molecule has 0 atom stereocenters. The molecule has 0 aliphatic heterocycles. The summed E-state index contributed by atoms with van der Waals surface area (Å²) in [5, 5.41) is 6.76. The molecule has 0 saturated carbocycles. The lowest BCUT2D eigenvalue weighted by Gasteiger charge is -2.21. The van der Waals surface area contributed by atoms with Gasteiger partial charge < -0.3 is 9.64 Å². The minimum atomic E-state index is 0.0184. The molecule has 1 amide bonds. The summed E-state index contributed by atoms with van der Waals surface area (Å²) in [6.45, 7) is 5.67. The Bertz CT molecular complexity index is 863. The van der Waals surface area contributed by atoms with E-state index >= 15 is 0 Å². The molecule has 0 N–H and O–H groups in total. The quantitative estimate of drug-likeness (QED) is 0.557. The molecule has 3 aromatic rings. The molecular weight excluding hydrogens is 358 g/mol. The van der Waals surface area contributed by atoms with Crippen LogP contribution in [0.1, 0.15) is 37.2 Å².